The van der Waals surface area contributed by atoms with Gasteiger partial charge in [0, 0.05) is 47.5 Å². The lowest BCUT2D eigenvalue weighted by molar-refractivity contribution is 0.0224. The number of amides is 1. The molecule has 0 radical (unpaired) electrons. The van der Waals surface area contributed by atoms with Crippen LogP contribution < -0.4 is 10.1 Å². The Morgan fingerprint density at radius 2 is 1.49 bits per heavy atom. The zero-order valence-electron chi connectivity index (χ0n) is 21.9. The minimum absolute atomic E-state index is 0.0216. The van der Waals surface area contributed by atoms with Crippen LogP contribution in [0.15, 0.2) is 54.6 Å². The molecular formula is C30H31NO8. The summed E-state index contributed by atoms with van der Waals surface area (Å²) >= 11 is 0. The highest BCUT2D eigenvalue weighted by atomic mass is 16.6. The van der Waals surface area contributed by atoms with E-state index in [1.165, 1.54) is 30.3 Å². The van der Waals surface area contributed by atoms with E-state index < -0.39 is 11.6 Å². The fourth-order valence-corrected chi connectivity index (χ4v) is 4.83. The molecular weight excluding hydrogens is 502 g/mol. The Kier molecular flexibility index (Phi) is 7.45. The molecule has 2 aliphatic rings. The predicted molar refractivity (Wildman–Crippen MR) is 141 cm³/mol. The molecule has 9 heteroatoms. The van der Waals surface area contributed by atoms with Gasteiger partial charge in [0.15, 0.2) is 5.60 Å². The van der Waals surface area contributed by atoms with E-state index in [4.69, 9.17) is 18.9 Å². The monoisotopic (exact) mass is 533 g/mol. The van der Waals surface area contributed by atoms with Crippen molar-refractivity contribution in [3.63, 3.8) is 0 Å². The molecule has 1 amide bonds. The lowest BCUT2D eigenvalue weighted by Gasteiger charge is -2.36. The zero-order valence-corrected chi connectivity index (χ0v) is 21.9. The first-order valence-corrected chi connectivity index (χ1v) is 13.0. The molecule has 3 aromatic carbocycles. The first-order chi connectivity index (χ1) is 18.8. The number of phenolic OH excluding ortho intramolecular Hbond substituents is 2. The number of ether oxygens (including phenoxy) is 4. The molecule has 0 saturated carbocycles. The van der Waals surface area contributed by atoms with Gasteiger partial charge in [0.1, 0.15) is 23.0 Å². The summed E-state index contributed by atoms with van der Waals surface area (Å²) in [7, 11) is 0. The summed E-state index contributed by atoms with van der Waals surface area (Å²) in [6.45, 7) is 6.59. The van der Waals surface area contributed by atoms with Crippen LogP contribution in [0, 0.1) is 5.92 Å². The molecule has 9 nitrogen and oxygen atoms in total. The Morgan fingerprint density at radius 1 is 0.872 bits per heavy atom. The van der Waals surface area contributed by atoms with Crippen molar-refractivity contribution in [2.75, 3.05) is 33.0 Å². The third-order valence-corrected chi connectivity index (χ3v) is 6.78. The van der Waals surface area contributed by atoms with Crippen LogP contribution in [0.3, 0.4) is 0 Å². The van der Waals surface area contributed by atoms with Crippen LogP contribution in [0.4, 0.5) is 0 Å². The molecule has 3 N–H and O–H groups in total. The van der Waals surface area contributed by atoms with Gasteiger partial charge in [0.25, 0.3) is 5.91 Å². The van der Waals surface area contributed by atoms with Crippen LogP contribution in [-0.2, 0) is 19.8 Å². The summed E-state index contributed by atoms with van der Waals surface area (Å²) in [5, 5.41) is 22.9. The van der Waals surface area contributed by atoms with Crippen molar-refractivity contribution >= 4 is 11.9 Å². The molecule has 0 unspecified atom stereocenters. The number of aromatic hydroxyl groups is 2. The lowest BCUT2D eigenvalue weighted by Crippen LogP contribution is -2.33. The SMILES string of the molecule is CC(C)CCOCCOCCNC(=O)c1ccc2c(c1)C(=O)OC21c2ccc(O)cc2Oc2cc(O)ccc21. The van der Waals surface area contributed by atoms with Gasteiger partial charge in [-0.25, -0.2) is 4.79 Å². The number of carbonyl (C=O) groups excluding carboxylic acids is 2. The summed E-state index contributed by atoms with van der Waals surface area (Å²) in [6.07, 6.45) is 1.01. The summed E-state index contributed by atoms with van der Waals surface area (Å²) < 4.78 is 23.0. The Hall–Kier alpha value is -4.08. The van der Waals surface area contributed by atoms with Crippen molar-refractivity contribution in [2.45, 2.75) is 25.9 Å². The van der Waals surface area contributed by atoms with Gasteiger partial charge < -0.3 is 34.5 Å². The van der Waals surface area contributed by atoms with Crippen LogP contribution in [-0.4, -0.2) is 55.1 Å². The van der Waals surface area contributed by atoms with E-state index in [1.807, 2.05) is 0 Å². The Morgan fingerprint density at radius 3 is 2.13 bits per heavy atom. The smallest absolute Gasteiger partial charge is 0.340 e. The topological polar surface area (TPSA) is 124 Å². The van der Waals surface area contributed by atoms with E-state index in [0.717, 1.165) is 6.42 Å². The van der Waals surface area contributed by atoms with Crippen molar-refractivity contribution < 1.29 is 38.7 Å². The molecule has 0 atom stereocenters. The van der Waals surface area contributed by atoms with Gasteiger partial charge >= 0.3 is 5.97 Å². The Bertz CT molecular complexity index is 1350. The highest BCUT2D eigenvalue weighted by molar-refractivity contribution is 6.01. The van der Waals surface area contributed by atoms with E-state index in [1.54, 1.807) is 24.3 Å². The quantitative estimate of drug-likeness (QED) is 0.258. The van der Waals surface area contributed by atoms with Gasteiger partial charge in [-0.15, -0.1) is 0 Å². The second-order valence-corrected chi connectivity index (χ2v) is 9.96. The fourth-order valence-electron chi connectivity index (χ4n) is 4.83. The van der Waals surface area contributed by atoms with E-state index in [9.17, 15) is 19.8 Å². The third kappa shape index (κ3) is 5.15. The van der Waals surface area contributed by atoms with Gasteiger partial charge in [0.05, 0.1) is 25.4 Å². The van der Waals surface area contributed by atoms with Gasteiger partial charge in [-0.1, -0.05) is 19.9 Å². The second-order valence-electron chi connectivity index (χ2n) is 9.96. The fraction of sp³-hybridized carbons (Fsp3) is 0.333. The van der Waals surface area contributed by atoms with Crippen LogP contribution >= 0.6 is 0 Å². The number of nitrogens with one attached hydrogen (secondary N) is 1. The first kappa shape index (κ1) is 26.5. The van der Waals surface area contributed by atoms with Gasteiger partial charge in [-0.3, -0.25) is 4.79 Å². The third-order valence-electron chi connectivity index (χ3n) is 6.78. The number of benzene rings is 3. The number of hydrogen-bond donors (Lipinski definition) is 3. The Balaban J connectivity index is 1.32. The lowest BCUT2D eigenvalue weighted by atomic mass is 9.77. The molecule has 0 fully saturated rings. The molecule has 2 heterocycles. The van der Waals surface area contributed by atoms with Crippen LogP contribution in [0.1, 0.15) is 57.7 Å². The highest BCUT2D eigenvalue weighted by Gasteiger charge is 2.53. The van der Waals surface area contributed by atoms with E-state index in [2.05, 4.69) is 19.2 Å². The summed E-state index contributed by atoms with van der Waals surface area (Å²) in [5.74, 6) is 0.200. The summed E-state index contributed by atoms with van der Waals surface area (Å²) in [5.41, 5.74) is 0.769. The maximum atomic E-state index is 13.2. The second kappa shape index (κ2) is 11.0. The zero-order chi connectivity index (χ0) is 27.6. The number of hydrogen-bond acceptors (Lipinski definition) is 8. The molecule has 0 aromatic heterocycles. The molecule has 204 valence electrons. The molecule has 1 spiro atoms. The van der Waals surface area contributed by atoms with Crippen LogP contribution in [0.25, 0.3) is 0 Å². The normalized spacial score (nSPS) is 14.4. The predicted octanol–water partition coefficient (Wildman–Crippen LogP) is 4.47. The molecule has 3 aromatic rings. The first-order valence-electron chi connectivity index (χ1n) is 13.0. The number of carbonyl (C=O) groups is 2. The minimum atomic E-state index is -1.36. The van der Waals surface area contributed by atoms with Crippen molar-refractivity contribution in [1.29, 1.82) is 0 Å². The highest BCUT2D eigenvalue weighted by Crippen LogP contribution is 2.57. The largest absolute Gasteiger partial charge is 0.508 e. The number of fused-ring (bicyclic) bond motifs is 6. The van der Waals surface area contributed by atoms with E-state index >= 15 is 0 Å². The van der Waals surface area contributed by atoms with Crippen molar-refractivity contribution in [3.8, 4) is 23.0 Å². The number of rotatable bonds is 10. The summed E-state index contributed by atoms with van der Waals surface area (Å²) in [6, 6.07) is 14.0. The van der Waals surface area contributed by atoms with E-state index in [0.29, 0.717) is 72.6 Å². The molecule has 0 aliphatic carbocycles. The van der Waals surface area contributed by atoms with Gasteiger partial charge in [-0.2, -0.15) is 0 Å². The average Bonchev–Trinajstić information content (AvgIpc) is 3.19. The average molecular weight is 534 g/mol. The summed E-state index contributed by atoms with van der Waals surface area (Å²) in [4.78, 5) is 26.0. The number of phenols is 2. The van der Waals surface area contributed by atoms with Crippen molar-refractivity contribution in [1.82, 2.24) is 5.32 Å². The van der Waals surface area contributed by atoms with Crippen LogP contribution in [0.5, 0.6) is 23.0 Å². The maximum absolute atomic E-state index is 13.2. The van der Waals surface area contributed by atoms with Crippen molar-refractivity contribution in [3.05, 3.63) is 82.4 Å². The molecule has 5 rings (SSSR count). The Labute approximate surface area is 226 Å². The standard InChI is InChI=1S/C30H31NO8/c1-18(2)9-11-36-13-14-37-12-10-31-28(34)19-3-6-23-22(15-19)29(35)39-30(23)24-7-4-20(32)16-26(24)38-27-17-21(33)5-8-25(27)30/h3-8,15-18,32-33H,9-14H2,1-2H3,(H,31,34). The van der Waals surface area contributed by atoms with Gasteiger partial charge in [-0.05, 0) is 48.7 Å². The maximum Gasteiger partial charge on any atom is 0.340 e. The van der Waals surface area contributed by atoms with Crippen LogP contribution in [0.2, 0.25) is 0 Å². The van der Waals surface area contributed by atoms with Gasteiger partial charge in [0.2, 0.25) is 0 Å². The van der Waals surface area contributed by atoms with Crippen molar-refractivity contribution in [2.24, 2.45) is 5.92 Å². The molecule has 39 heavy (non-hydrogen) atoms. The molecule has 0 saturated heterocycles. The minimum Gasteiger partial charge on any atom is -0.508 e. The molecule has 2 aliphatic heterocycles. The number of esters is 1. The van der Waals surface area contributed by atoms with E-state index in [-0.39, 0.29) is 23.0 Å². The molecule has 0 bridgehead atoms.